The number of nitrogens with zero attached hydrogens (tertiary/aromatic N) is 1. The Morgan fingerprint density at radius 1 is 1.20 bits per heavy atom. The summed E-state index contributed by atoms with van der Waals surface area (Å²) >= 11 is 0. The normalized spacial score (nSPS) is 10.6. The predicted octanol–water partition coefficient (Wildman–Crippen LogP) is 3.96. The summed E-state index contributed by atoms with van der Waals surface area (Å²) in [6, 6.07) is 11.0. The van der Waals surface area contributed by atoms with E-state index in [0.29, 0.717) is 5.82 Å². The molecule has 2 aromatic rings. The Labute approximate surface area is 118 Å². The van der Waals surface area contributed by atoms with Crippen molar-refractivity contribution in [3.05, 3.63) is 53.2 Å². The zero-order valence-electron chi connectivity index (χ0n) is 11.8. The zero-order chi connectivity index (χ0) is 14.7. The summed E-state index contributed by atoms with van der Waals surface area (Å²) in [6.45, 7) is 6.00. The molecule has 0 aliphatic heterocycles. The molecule has 0 aliphatic rings. The number of nitrogens with one attached hydrogen (secondary N) is 1. The van der Waals surface area contributed by atoms with Crippen LogP contribution in [0, 0.1) is 6.92 Å². The average molecular weight is 270 g/mol. The van der Waals surface area contributed by atoms with Crippen molar-refractivity contribution in [2.24, 2.45) is 0 Å². The Morgan fingerprint density at radius 3 is 2.40 bits per heavy atom. The fraction of sp³-hybridized carbons (Fsp3) is 0.250. The van der Waals surface area contributed by atoms with Crippen LogP contribution in [-0.2, 0) is 0 Å². The van der Waals surface area contributed by atoms with Crippen LogP contribution in [0.3, 0.4) is 0 Å². The number of hydrogen-bond donors (Lipinski definition) is 2. The van der Waals surface area contributed by atoms with Crippen molar-refractivity contribution >= 4 is 17.5 Å². The minimum Gasteiger partial charge on any atom is -0.478 e. The number of aromatic nitrogens is 1. The van der Waals surface area contributed by atoms with Gasteiger partial charge in [0.15, 0.2) is 0 Å². The highest BCUT2D eigenvalue weighted by molar-refractivity contribution is 5.88. The largest absolute Gasteiger partial charge is 0.478 e. The number of benzene rings is 1. The Balaban J connectivity index is 2.35. The topological polar surface area (TPSA) is 62.2 Å². The molecule has 0 atom stereocenters. The monoisotopic (exact) mass is 270 g/mol. The van der Waals surface area contributed by atoms with E-state index >= 15 is 0 Å². The molecule has 0 spiro atoms. The molecule has 4 nitrogen and oxygen atoms in total. The minimum absolute atomic E-state index is 0.174. The molecule has 0 saturated carbocycles. The Hall–Kier alpha value is -2.36. The third kappa shape index (κ3) is 3.35. The van der Waals surface area contributed by atoms with Gasteiger partial charge in [0.2, 0.25) is 0 Å². The summed E-state index contributed by atoms with van der Waals surface area (Å²) in [5.41, 5.74) is 3.07. The number of pyridine rings is 1. The summed E-state index contributed by atoms with van der Waals surface area (Å²) < 4.78 is 0. The maximum absolute atomic E-state index is 11.2. The van der Waals surface area contributed by atoms with E-state index in [4.69, 9.17) is 5.11 Å². The number of carboxylic acid groups (broad SMARTS) is 1. The first-order valence-corrected chi connectivity index (χ1v) is 6.54. The first kappa shape index (κ1) is 14.1. The molecule has 1 aromatic carbocycles. The van der Waals surface area contributed by atoms with Gasteiger partial charge >= 0.3 is 5.97 Å². The summed E-state index contributed by atoms with van der Waals surface area (Å²) in [7, 11) is 0. The third-order valence-electron chi connectivity index (χ3n) is 3.01. The van der Waals surface area contributed by atoms with E-state index in [1.807, 2.05) is 45.0 Å². The minimum atomic E-state index is -0.943. The lowest BCUT2D eigenvalue weighted by Crippen LogP contribution is -2.04. The molecular formula is C16H18N2O2. The van der Waals surface area contributed by atoms with E-state index in [0.717, 1.165) is 11.4 Å². The van der Waals surface area contributed by atoms with Gasteiger partial charge in [0.1, 0.15) is 5.82 Å². The fourth-order valence-electron chi connectivity index (χ4n) is 1.82. The van der Waals surface area contributed by atoms with Gasteiger partial charge in [-0.1, -0.05) is 31.5 Å². The van der Waals surface area contributed by atoms with Crippen molar-refractivity contribution in [1.82, 2.24) is 4.98 Å². The summed E-state index contributed by atoms with van der Waals surface area (Å²) in [5, 5.41) is 12.3. The second-order valence-corrected chi connectivity index (χ2v) is 5.12. The number of hydrogen-bond acceptors (Lipinski definition) is 3. The van der Waals surface area contributed by atoms with Gasteiger partial charge < -0.3 is 10.4 Å². The Kier molecular flexibility index (Phi) is 4.03. The highest BCUT2D eigenvalue weighted by atomic mass is 16.4. The molecule has 104 valence electrons. The van der Waals surface area contributed by atoms with Crippen LogP contribution in [-0.4, -0.2) is 16.1 Å². The molecule has 0 aliphatic carbocycles. The van der Waals surface area contributed by atoms with Crippen LogP contribution in [0.15, 0.2) is 36.4 Å². The molecule has 0 bridgehead atoms. The molecule has 0 radical (unpaired) electrons. The molecule has 0 saturated heterocycles. The van der Waals surface area contributed by atoms with Crippen LogP contribution in [0.25, 0.3) is 0 Å². The van der Waals surface area contributed by atoms with Crippen molar-refractivity contribution in [3.63, 3.8) is 0 Å². The average Bonchev–Trinajstić information content (AvgIpc) is 2.41. The van der Waals surface area contributed by atoms with E-state index in [-0.39, 0.29) is 11.5 Å². The van der Waals surface area contributed by atoms with Gasteiger partial charge in [-0.15, -0.1) is 0 Å². The first-order chi connectivity index (χ1) is 9.45. The predicted molar refractivity (Wildman–Crippen MR) is 79.7 cm³/mol. The number of carboxylic acids is 1. The van der Waals surface area contributed by atoms with Gasteiger partial charge in [-0.2, -0.15) is 0 Å². The molecule has 2 rings (SSSR count). The van der Waals surface area contributed by atoms with Gasteiger partial charge in [0.05, 0.1) is 5.56 Å². The highest BCUT2D eigenvalue weighted by Gasteiger charge is 2.10. The van der Waals surface area contributed by atoms with Crippen molar-refractivity contribution in [2.45, 2.75) is 26.7 Å². The molecular weight excluding hydrogens is 252 g/mol. The van der Waals surface area contributed by atoms with E-state index in [1.165, 1.54) is 5.56 Å². The zero-order valence-corrected chi connectivity index (χ0v) is 11.8. The molecule has 4 heteroatoms. The van der Waals surface area contributed by atoms with Gasteiger partial charge in [-0.05, 0) is 37.1 Å². The van der Waals surface area contributed by atoms with Gasteiger partial charge in [-0.25, -0.2) is 9.78 Å². The Morgan fingerprint density at radius 2 is 1.85 bits per heavy atom. The van der Waals surface area contributed by atoms with Gasteiger partial charge in [0, 0.05) is 11.4 Å². The third-order valence-corrected chi connectivity index (χ3v) is 3.01. The van der Waals surface area contributed by atoms with Crippen LogP contribution in [0.2, 0.25) is 0 Å². The number of anilines is 2. The molecule has 20 heavy (non-hydrogen) atoms. The van der Waals surface area contributed by atoms with Crippen molar-refractivity contribution in [1.29, 1.82) is 0 Å². The molecule has 2 N–H and O–H groups in total. The first-order valence-electron chi connectivity index (χ1n) is 6.54. The van der Waals surface area contributed by atoms with Crippen LogP contribution < -0.4 is 5.32 Å². The molecule has 1 heterocycles. The van der Waals surface area contributed by atoms with E-state index in [2.05, 4.69) is 10.3 Å². The van der Waals surface area contributed by atoms with E-state index in [9.17, 15) is 4.79 Å². The summed E-state index contributed by atoms with van der Waals surface area (Å²) in [5.74, 6) is -0.216. The van der Waals surface area contributed by atoms with Crippen LogP contribution in [0.5, 0.6) is 0 Å². The lowest BCUT2D eigenvalue weighted by molar-refractivity contribution is 0.0696. The van der Waals surface area contributed by atoms with Crippen LogP contribution in [0.4, 0.5) is 11.5 Å². The SMILES string of the molecule is Cc1ccc(Nc2cc(C(=O)O)cc(C(C)C)n2)cc1. The summed E-state index contributed by atoms with van der Waals surface area (Å²) in [4.78, 5) is 15.6. The second-order valence-electron chi connectivity index (χ2n) is 5.12. The molecule has 0 unspecified atom stereocenters. The number of carbonyl (C=O) groups is 1. The van der Waals surface area contributed by atoms with E-state index < -0.39 is 5.97 Å². The van der Waals surface area contributed by atoms with E-state index in [1.54, 1.807) is 12.1 Å². The Bertz CT molecular complexity index is 619. The smallest absolute Gasteiger partial charge is 0.335 e. The molecule has 1 aromatic heterocycles. The second kappa shape index (κ2) is 5.74. The maximum atomic E-state index is 11.2. The number of aryl methyl sites for hydroxylation is 1. The van der Waals surface area contributed by atoms with Gasteiger partial charge in [-0.3, -0.25) is 0 Å². The molecule has 0 fully saturated rings. The van der Waals surface area contributed by atoms with Crippen LogP contribution in [0.1, 0.15) is 41.4 Å². The fourth-order valence-corrected chi connectivity index (χ4v) is 1.82. The van der Waals surface area contributed by atoms with Crippen molar-refractivity contribution < 1.29 is 9.90 Å². The number of aromatic carboxylic acids is 1. The quantitative estimate of drug-likeness (QED) is 0.882. The maximum Gasteiger partial charge on any atom is 0.335 e. The molecule has 0 amide bonds. The lowest BCUT2D eigenvalue weighted by atomic mass is 10.1. The van der Waals surface area contributed by atoms with Gasteiger partial charge in [0.25, 0.3) is 0 Å². The lowest BCUT2D eigenvalue weighted by Gasteiger charge is -2.11. The van der Waals surface area contributed by atoms with Crippen LogP contribution >= 0.6 is 0 Å². The van der Waals surface area contributed by atoms with Crippen molar-refractivity contribution in [3.8, 4) is 0 Å². The standard InChI is InChI=1S/C16H18N2O2/c1-10(2)14-8-12(16(19)20)9-15(18-14)17-13-6-4-11(3)5-7-13/h4-10H,1-3H3,(H,17,18)(H,19,20). The van der Waals surface area contributed by atoms with Crippen molar-refractivity contribution in [2.75, 3.05) is 5.32 Å². The summed E-state index contributed by atoms with van der Waals surface area (Å²) in [6.07, 6.45) is 0. The number of rotatable bonds is 4. The highest BCUT2D eigenvalue weighted by Crippen LogP contribution is 2.21.